The van der Waals surface area contributed by atoms with Crippen LogP contribution in [0.2, 0.25) is 0 Å². The lowest BCUT2D eigenvalue weighted by molar-refractivity contribution is 0.0696. The summed E-state index contributed by atoms with van der Waals surface area (Å²) in [6, 6.07) is 7.07. The number of carbonyl (C=O) groups is 1. The van der Waals surface area contributed by atoms with Gasteiger partial charge in [0.25, 0.3) is 0 Å². The first-order chi connectivity index (χ1) is 7.66. The van der Waals surface area contributed by atoms with Crippen molar-refractivity contribution in [2.75, 3.05) is 0 Å². The van der Waals surface area contributed by atoms with E-state index in [9.17, 15) is 4.79 Å². The van der Waals surface area contributed by atoms with Crippen LogP contribution in [-0.2, 0) is 6.42 Å². The standard InChI is InChI=1S/C12H11NO2S/c1-8-13-7-10(16-8)6-9-4-2-3-5-11(9)12(14)15/h2-5,7H,6H2,1H3,(H,14,15). The zero-order chi connectivity index (χ0) is 11.5. The summed E-state index contributed by atoms with van der Waals surface area (Å²) in [5, 5.41) is 10.0. The minimum atomic E-state index is -0.878. The quantitative estimate of drug-likeness (QED) is 0.886. The molecule has 0 saturated carbocycles. The Morgan fingerprint density at radius 1 is 1.44 bits per heavy atom. The highest BCUT2D eigenvalue weighted by Crippen LogP contribution is 2.19. The molecule has 0 amide bonds. The van der Waals surface area contributed by atoms with E-state index in [2.05, 4.69) is 4.98 Å². The molecule has 0 aliphatic heterocycles. The molecule has 1 aromatic carbocycles. The topological polar surface area (TPSA) is 50.2 Å². The van der Waals surface area contributed by atoms with Gasteiger partial charge in [0.2, 0.25) is 0 Å². The summed E-state index contributed by atoms with van der Waals surface area (Å²) in [5.74, 6) is -0.878. The molecule has 2 rings (SSSR count). The predicted octanol–water partition coefficient (Wildman–Crippen LogP) is 2.74. The molecule has 2 aromatic rings. The van der Waals surface area contributed by atoms with Crippen LogP contribution in [0.15, 0.2) is 30.5 Å². The SMILES string of the molecule is Cc1ncc(Cc2ccccc2C(=O)O)s1. The molecule has 0 atom stereocenters. The van der Waals surface area contributed by atoms with E-state index in [0.29, 0.717) is 12.0 Å². The summed E-state index contributed by atoms with van der Waals surface area (Å²) in [5.41, 5.74) is 1.20. The first-order valence-corrected chi connectivity index (χ1v) is 5.71. The Labute approximate surface area is 97.4 Å². The zero-order valence-electron chi connectivity index (χ0n) is 8.80. The maximum Gasteiger partial charge on any atom is 0.335 e. The number of nitrogens with zero attached hydrogens (tertiary/aromatic N) is 1. The van der Waals surface area contributed by atoms with Crippen LogP contribution < -0.4 is 0 Å². The molecule has 16 heavy (non-hydrogen) atoms. The molecule has 4 heteroatoms. The van der Waals surface area contributed by atoms with Crippen molar-refractivity contribution in [3.05, 3.63) is 51.5 Å². The normalized spacial score (nSPS) is 10.3. The van der Waals surface area contributed by atoms with Gasteiger partial charge in [0.05, 0.1) is 10.6 Å². The number of carboxylic acids is 1. The van der Waals surface area contributed by atoms with Crippen molar-refractivity contribution in [3.8, 4) is 0 Å². The van der Waals surface area contributed by atoms with Crippen LogP contribution in [-0.4, -0.2) is 16.1 Å². The molecule has 0 bridgehead atoms. The van der Waals surface area contributed by atoms with Gasteiger partial charge in [-0.1, -0.05) is 18.2 Å². The van der Waals surface area contributed by atoms with Crippen molar-refractivity contribution >= 4 is 17.3 Å². The average Bonchev–Trinajstić information content (AvgIpc) is 2.64. The van der Waals surface area contributed by atoms with E-state index >= 15 is 0 Å². The summed E-state index contributed by atoms with van der Waals surface area (Å²) in [6.07, 6.45) is 2.44. The third kappa shape index (κ3) is 2.28. The van der Waals surface area contributed by atoms with Crippen molar-refractivity contribution in [2.45, 2.75) is 13.3 Å². The van der Waals surface area contributed by atoms with Crippen LogP contribution in [0, 0.1) is 6.92 Å². The Morgan fingerprint density at radius 3 is 2.81 bits per heavy atom. The van der Waals surface area contributed by atoms with E-state index in [1.807, 2.05) is 19.1 Å². The second-order valence-electron chi connectivity index (χ2n) is 3.48. The van der Waals surface area contributed by atoms with Crippen LogP contribution >= 0.6 is 11.3 Å². The fraction of sp³-hybridized carbons (Fsp3) is 0.167. The number of aryl methyl sites for hydroxylation is 1. The lowest BCUT2D eigenvalue weighted by Crippen LogP contribution is -2.01. The summed E-state index contributed by atoms with van der Waals surface area (Å²) in [4.78, 5) is 16.3. The Morgan fingerprint density at radius 2 is 2.19 bits per heavy atom. The van der Waals surface area contributed by atoms with Gasteiger partial charge in [0.15, 0.2) is 0 Å². The third-order valence-corrected chi connectivity index (χ3v) is 3.19. The molecule has 1 heterocycles. The molecular weight excluding hydrogens is 222 g/mol. The van der Waals surface area contributed by atoms with Gasteiger partial charge < -0.3 is 5.11 Å². The Balaban J connectivity index is 2.31. The lowest BCUT2D eigenvalue weighted by atomic mass is 10.0. The van der Waals surface area contributed by atoms with Crippen LogP contribution in [0.25, 0.3) is 0 Å². The van der Waals surface area contributed by atoms with E-state index in [-0.39, 0.29) is 0 Å². The zero-order valence-corrected chi connectivity index (χ0v) is 9.62. The van der Waals surface area contributed by atoms with Crippen LogP contribution in [0.4, 0.5) is 0 Å². The average molecular weight is 233 g/mol. The molecule has 1 N–H and O–H groups in total. The van der Waals surface area contributed by atoms with Gasteiger partial charge in [-0.05, 0) is 18.6 Å². The summed E-state index contributed by atoms with van der Waals surface area (Å²) < 4.78 is 0. The van der Waals surface area contributed by atoms with Gasteiger partial charge in [0, 0.05) is 17.5 Å². The molecule has 1 aromatic heterocycles. The fourth-order valence-electron chi connectivity index (χ4n) is 1.56. The molecule has 0 unspecified atom stereocenters. The molecular formula is C12H11NO2S. The van der Waals surface area contributed by atoms with E-state index in [4.69, 9.17) is 5.11 Å². The first kappa shape index (κ1) is 10.8. The number of aromatic carboxylic acids is 1. The molecule has 82 valence electrons. The van der Waals surface area contributed by atoms with Gasteiger partial charge >= 0.3 is 5.97 Å². The largest absolute Gasteiger partial charge is 0.478 e. The molecule has 3 nitrogen and oxygen atoms in total. The first-order valence-electron chi connectivity index (χ1n) is 4.89. The highest BCUT2D eigenvalue weighted by atomic mass is 32.1. The second-order valence-corrected chi connectivity index (χ2v) is 4.80. The van der Waals surface area contributed by atoms with Gasteiger partial charge in [-0.25, -0.2) is 9.78 Å². The number of rotatable bonds is 3. The maximum absolute atomic E-state index is 11.0. The Kier molecular flexibility index (Phi) is 3.01. The van der Waals surface area contributed by atoms with Crippen molar-refractivity contribution in [2.24, 2.45) is 0 Å². The van der Waals surface area contributed by atoms with Crippen molar-refractivity contribution in [1.82, 2.24) is 4.98 Å². The minimum absolute atomic E-state index is 0.369. The summed E-state index contributed by atoms with van der Waals surface area (Å²) in [6.45, 7) is 1.94. The van der Waals surface area contributed by atoms with Gasteiger partial charge in [-0.3, -0.25) is 0 Å². The monoisotopic (exact) mass is 233 g/mol. The summed E-state index contributed by atoms with van der Waals surface area (Å²) >= 11 is 1.60. The van der Waals surface area contributed by atoms with E-state index in [1.165, 1.54) is 0 Å². The number of carboxylic acid groups (broad SMARTS) is 1. The fourth-order valence-corrected chi connectivity index (χ4v) is 2.38. The Bertz CT molecular complexity index is 519. The molecule has 0 spiro atoms. The third-order valence-electron chi connectivity index (χ3n) is 2.28. The van der Waals surface area contributed by atoms with Crippen molar-refractivity contribution < 1.29 is 9.90 Å². The minimum Gasteiger partial charge on any atom is -0.478 e. The van der Waals surface area contributed by atoms with Crippen LogP contribution in [0.1, 0.15) is 25.8 Å². The molecule has 0 saturated heterocycles. The van der Waals surface area contributed by atoms with Gasteiger partial charge in [-0.15, -0.1) is 11.3 Å². The van der Waals surface area contributed by atoms with Crippen molar-refractivity contribution in [1.29, 1.82) is 0 Å². The van der Waals surface area contributed by atoms with Gasteiger partial charge in [0.1, 0.15) is 0 Å². The Hall–Kier alpha value is -1.68. The number of hydrogen-bond acceptors (Lipinski definition) is 3. The maximum atomic E-state index is 11.0. The predicted molar refractivity (Wildman–Crippen MR) is 63.1 cm³/mol. The highest BCUT2D eigenvalue weighted by Gasteiger charge is 2.10. The molecule has 0 aliphatic rings. The molecule has 0 aliphatic carbocycles. The van der Waals surface area contributed by atoms with Crippen molar-refractivity contribution in [3.63, 3.8) is 0 Å². The van der Waals surface area contributed by atoms with E-state index in [0.717, 1.165) is 15.4 Å². The number of aromatic nitrogens is 1. The number of benzene rings is 1. The van der Waals surface area contributed by atoms with Crippen LogP contribution in [0.5, 0.6) is 0 Å². The molecule has 0 radical (unpaired) electrons. The molecule has 0 fully saturated rings. The number of hydrogen-bond donors (Lipinski definition) is 1. The highest BCUT2D eigenvalue weighted by molar-refractivity contribution is 7.11. The second kappa shape index (κ2) is 4.45. The summed E-state index contributed by atoms with van der Waals surface area (Å²) in [7, 11) is 0. The lowest BCUT2D eigenvalue weighted by Gasteiger charge is -2.03. The van der Waals surface area contributed by atoms with E-state index < -0.39 is 5.97 Å². The van der Waals surface area contributed by atoms with E-state index in [1.54, 1.807) is 29.7 Å². The van der Waals surface area contributed by atoms with Gasteiger partial charge in [-0.2, -0.15) is 0 Å². The number of thiazole rings is 1. The smallest absolute Gasteiger partial charge is 0.335 e. The van der Waals surface area contributed by atoms with Crippen LogP contribution in [0.3, 0.4) is 0 Å².